The standard InChI is InChI=1S/C14H25N5O/c1-9-11(16)18-13(14(2,3)4)19-12(9)17-8-6-5-7-10(15)20/h5-8H2,1-4H3,(H2,15,20)(H3,16,17,18,19). The number of hydrogen-bond donors (Lipinski definition) is 3. The van der Waals surface area contributed by atoms with E-state index in [2.05, 4.69) is 15.3 Å². The summed E-state index contributed by atoms with van der Waals surface area (Å²) in [6.45, 7) is 8.77. The highest BCUT2D eigenvalue weighted by molar-refractivity contribution is 5.73. The van der Waals surface area contributed by atoms with Gasteiger partial charge < -0.3 is 16.8 Å². The second kappa shape index (κ2) is 6.54. The lowest BCUT2D eigenvalue weighted by atomic mass is 9.95. The summed E-state index contributed by atoms with van der Waals surface area (Å²) in [6.07, 6.45) is 2.05. The molecule has 1 aromatic rings. The van der Waals surface area contributed by atoms with Crippen LogP contribution in [0.4, 0.5) is 11.6 Å². The zero-order chi connectivity index (χ0) is 15.3. The Bertz CT molecular complexity index is 479. The molecule has 0 saturated carbocycles. The predicted octanol–water partition coefficient (Wildman–Crippen LogP) is 1.73. The number of carbonyl (C=O) groups is 1. The Balaban J connectivity index is 2.69. The van der Waals surface area contributed by atoms with Gasteiger partial charge in [0.1, 0.15) is 17.5 Å². The quantitative estimate of drug-likeness (QED) is 0.687. The summed E-state index contributed by atoms with van der Waals surface area (Å²) in [5.41, 5.74) is 11.7. The molecule has 0 aliphatic rings. The van der Waals surface area contributed by atoms with E-state index < -0.39 is 0 Å². The van der Waals surface area contributed by atoms with Crippen molar-refractivity contribution in [2.24, 2.45) is 5.73 Å². The van der Waals surface area contributed by atoms with Crippen LogP contribution in [-0.4, -0.2) is 22.4 Å². The molecule has 1 heterocycles. The number of unbranched alkanes of at least 4 members (excludes halogenated alkanes) is 1. The van der Waals surface area contributed by atoms with Crippen molar-refractivity contribution in [2.75, 3.05) is 17.6 Å². The molecular weight excluding hydrogens is 254 g/mol. The van der Waals surface area contributed by atoms with E-state index in [1.165, 1.54) is 0 Å². The number of aromatic nitrogens is 2. The molecular formula is C14H25N5O. The minimum absolute atomic E-state index is 0.149. The molecule has 0 aromatic carbocycles. The molecule has 1 aromatic heterocycles. The molecule has 1 rings (SSSR count). The van der Waals surface area contributed by atoms with Crippen LogP contribution in [0.25, 0.3) is 0 Å². The molecule has 0 aliphatic heterocycles. The molecule has 112 valence electrons. The van der Waals surface area contributed by atoms with E-state index in [0.29, 0.717) is 12.2 Å². The van der Waals surface area contributed by atoms with Gasteiger partial charge in [-0.25, -0.2) is 9.97 Å². The maximum atomic E-state index is 10.7. The van der Waals surface area contributed by atoms with E-state index in [4.69, 9.17) is 11.5 Å². The van der Waals surface area contributed by atoms with Gasteiger partial charge in [-0.2, -0.15) is 0 Å². The third-order valence-electron chi connectivity index (χ3n) is 3.00. The minimum atomic E-state index is -0.262. The molecule has 0 radical (unpaired) electrons. The SMILES string of the molecule is Cc1c(N)nc(C(C)(C)C)nc1NCCCCC(N)=O. The van der Waals surface area contributed by atoms with Gasteiger partial charge in [-0.1, -0.05) is 20.8 Å². The van der Waals surface area contributed by atoms with Crippen LogP contribution in [0.15, 0.2) is 0 Å². The Morgan fingerprint density at radius 1 is 1.25 bits per heavy atom. The monoisotopic (exact) mass is 279 g/mol. The van der Waals surface area contributed by atoms with E-state index in [0.717, 1.165) is 36.6 Å². The highest BCUT2D eigenvalue weighted by atomic mass is 16.1. The van der Waals surface area contributed by atoms with Crippen LogP contribution in [0, 0.1) is 6.92 Å². The van der Waals surface area contributed by atoms with Crippen molar-refractivity contribution in [3.05, 3.63) is 11.4 Å². The van der Waals surface area contributed by atoms with Crippen LogP contribution >= 0.6 is 0 Å². The lowest BCUT2D eigenvalue weighted by Gasteiger charge is -2.19. The van der Waals surface area contributed by atoms with Crippen LogP contribution in [0.5, 0.6) is 0 Å². The number of primary amides is 1. The summed E-state index contributed by atoms with van der Waals surface area (Å²) in [5, 5.41) is 3.26. The van der Waals surface area contributed by atoms with Crippen molar-refractivity contribution in [2.45, 2.75) is 52.4 Å². The average Bonchev–Trinajstić information content (AvgIpc) is 2.31. The molecule has 0 unspecified atom stereocenters. The number of anilines is 2. The predicted molar refractivity (Wildman–Crippen MR) is 81.4 cm³/mol. The van der Waals surface area contributed by atoms with Crippen LogP contribution < -0.4 is 16.8 Å². The third-order valence-corrected chi connectivity index (χ3v) is 3.00. The van der Waals surface area contributed by atoms with Crippen molar-refractivity contribution < 1.29 is 4.79 Å². The largest absolute Gasteiger partial charge is 0.383 e. The highest BCUT2D eigenvalue weighted by Crippen LogP contribution is 2.24. The first-order valence-corrected chi connectivity index (χ1v) is 6.88. The fourth-order valence-electron chi connectivity index (χ4n) is 1.67. The third kappa shape index (κ3) is 4.68. The van der Waals surface area contributed by atoms with Crippen LogP contribution in [0.3, 0.4) is 0 Å². The van der Waals surface area contributed by atoms with Gasteiger partial charge in [-0.15, -0.1) is 0 Å². The molecule has 6 heteroatoms. The Labute approximate surface area is 120 Å². The van der Waals surface area contributed by atoms with Crippen LogP contribution in [0.1, 0.15) is 51.4 Å². The van der Waals surface area contributed by atoms with Gasteiger partial charge in [0.05, 0.1) is 0 Å². The second-order valence-corrected chi connectivity index (χ2v) is 6.01. The second-order valence-electron chi connectivity index (χ2n) is 6.01. The number of rotatable bonds is 6. The minimum Gasteiger partial charge on any atom is -0.383 e. The maximum Gasteiger partial charge on any atom is 0.217 e. The Morgan fingerprint density at radius 3 is 2.45 bits per heavy atom. The van der Waals surface area contributed by atoms with E-state index in [1.54, 1.807) is 0 Å². The molecule has 5 N–H and O–H groups in total. The van der Waals surface area contributed by atoms with Crippen LogP contribution in [0.2, 0.25) is 0 Å². The van der Waals surface area contributed by atoms with Crippen molar-refractivity contribution in [1.29, 1.82) is 0 Å². The van der Waals surface area contributed by atoms with Crippen molar-refractivity contribution in [3.63, 3.8) is 0 Å². The van der Waals surface area contributed by atoms with Crippen molar-refractivity contribution >= 4 is 17.5 Å². The van der Waals surface area contributed by atoms with Gasteiger partial charge in [0, 0.05) is 23.9 Å². The lowest BCUT2D eigenvalue weighted by molar-refractivity contribution is -0.118. The Hall–Kier alpha value is -1.85. The summed E-state index contributed by atoms with van der Waals surface area (Å²) in [4.78, 5) is 19.5. The van der Waals surface area contributed by atoms with Crippen LogP contribution in [-0.2, 0) is 10.2 Å². The van der Waals surface area contributed by atoms with Gasteiger partial charge >= 0.3 is 0 Å². The number of nitrogens with zero attached hydrogens (tertiary/aromatic N) is 2. The number of carbonyl (C=O) groups excluding carboxylic acids is 1. The van der Waals surface area contributed by atoms with E-state index in [1.807, 2.05) is 27.7 Å². The molecule has 6 nitrogen and oxygen atoms in total. The number of nitrogens with one attached hydrogen (secondary N) is 1. The lowest BCUT2D eigenvalue weighted by Crippen LogP contribution is -2.19. The van der Waals surface area contributed by atoms with Crippen molar-refractivity contribution in [1.82, 2.24) is 9.97 Å². The number of nitrogens with two attached hydrogens (primary N) is 2. The number of nitrogen functional groups attached to an aromatic ring is 1. The summed E-state index contributed by atoms with van der Waals surface area (Å²) in [7, 11) is 0. The smallest absolute Gasteiger partial charge is 0.217 e. The Kier molecular flexibility index (Phi) is 5.30. The summed E-state index contributed by atoms with van der Waals surface area (Å²) >= 11 is 0. The maximum absolute atomic E-state index is 10.7. The Morgan fingerprint density at radius 2 is 1.90 bits per heavy atom. The molecule has 0 aliphatic carbocycles. The first-order chi connectivity index (χ1) is 9.21. The first kappa shape index (κ1) is 16.2. The van der Waals surface area contributed by atoms with Gasteiger partial charge in [0.15, 0.2) is 0 Å². The normalized spacial score (nSPS) is 11.4. The van der Waals surface area contributed by atoms with Gasteiger partial charge in [0.2, 0.25) is 5.91 Å². The average molecular weight is 279 g/mol. The van der Waals surface area contributed by atoms with E-state index in [-0.39, 0.29) is 11.3 Å². The van der Waals surface area contributed by atoms with E-state index in [9.17, 15) is 4.79 Å². The molecule has 0 spiro atoms. The molecule has 0 bridgehead atoms. The zero-order valence-corrected chi connectivity index (χ0v) is 12.8. The molecule has 20 heavy (non-hydrogen) atoms. The molecule has 0 saturated heterocycles. The number of hydrogen-bond acceptors (Lipinski definition) is 5. The molecule has 1 amide bonds. The molecule has 0 fully saturated rings. The van der Waals surface area contributed by atoms with Gasteiger partial charge in [0.25, 0.3) is 0 Å². The summed E-state index contributed by atoms with van der Waals surface area (Å²) in [6, 6.07) is 0. The fourth-order valence-corrected chi connectivity index (χ4v) is 1.67. The van der Waals surface area contributed by atoms with Crippen molar-refractivity contribution in [3.8, 4) is 0 Å². The van der Waals surface area contributed by atoms with Gasteiger partial charge in [-0.05, 0) is 19.8 Å². The first-order valence-electron chi connectivity index (χ1n) is 6.88. The summed E-state index contributed by atoms with van der Waals surface area (Å²) < 4.78 is 0. The number of amides is 1. The summed E-state index contributed by atoms with van der Waals surface area (Å²) in [5.74, 6) is 1.73. The highest BCUT2D eigenvalue weighted by Gasteiger charge is 2.20. The zero-order valence-electron chi connectivity index (χ0n) is 12.8. The van der Waals surface area contributed by atoms with E-state index >= 15 is 0 Å². The topological polar surface area (TPSA) is 107 Å². The fraction of sp³-hybridized carbons (Fsp3) is 0.643. The van der Waals surface area contributed by atoms with Gasteiger partial charge in [-0.3, -0.25) is 4.79 Å². The molecule has 0 atom stereocenters.